The van der Waals surface area contributed by atoms with Crippen LogP contribution in [0.15, 0.2) is 41.3 Å². The van der Waals surface area contributed by atoms with Gasteiger partial charge in [0.25, 0.3) is 0 Å². The number of methoxy groups -OCH3 is 3. The molecule has 2 aromatic carbocycles. The fourth-order valence-electron chi connectivity index (χ4n) is 2.35. The maximum absolute atomic E-state index is 13.5. The van der Waals surface area contributed by atoms with Crippen molar-refractivity contribution in [2.24, 2.45) is 0 Å². The summed E-state index contributed by atoms with van der Waals surface area (Å²) in [6.45, 7) is 1.67. The quantitative estimate of drug-likeness (QED) is 0.812. The van der Waals surface area contributed by atoms with Crippen molar-refractivity contribution in [1.29, 1.82) is 0 Å². The zero-order valence-corrected chi connectivity index (χ0v) is 15.2. The average Bonchev–Trinajstić information content (AvgIpc) is 2.60. The van der Waals surface area contributed by atoms with Crippen molar-refractivity contribution >= 4 is 10.0 Å². The number of nitrogens with one attached hydrogen (secondary N) is 1. The summed E-state index contributed by atoms with van der Waals surface area (Å²) in [4.78, 5) is -0.262. The smallest absolute Gasteiger partial charge is 0.244 e. The highest BCUT2D eigenvalue weighted by Gasteiger charge is 2.23. The summed E-state index contributed by atoms with van der Waals surface area (Å²) < 4.78 is 56.6. The number of sulfonamides is 1. The molecule has 0 radical (unpaired) electrons. The minimum atomic E-state index is -4.00. The van der Waals surface area contributed by atoms with Gasteiger partial charge in [0.2, 0.25) is 10.0 Å². The van der Waals surface area contributed by atoms with Gasteiger partial charge >= 0.3 is 0 Å². The highest BCUT2D eigenvalue weighted by molar-refractivity contribution is 7.89. The second-order valence-corrected chi connectivity index (χ2v) is 6.93. The second-order valence-electron chi connectivity index (χ2n) is 5.25. The number of hydrogen-bond donors (Lipinski definition) is 1. The van der Waals surface area contributed by atoms with Gasteiger partial charge in [-0.25, -0.2) is 17.5 Å². The first kappa shape index (κ1) is 19.0. The summed E-state index contributed by atoms with van der Waals surface area (Å²) in [5, 5.41) is 0. The first-order valence-corrected chi connectivity index (χ1v) is 8.88. The fraction of sp³-hybridized carbons (Fsp3) is 0.294. The summed E-state index contributed by atoms with van der Waals surface area (Å²) in [6.07, 6.45) is 0. The van der Waals surface area contributed by atoms with Gasteiger partial charge in [0.15, 0.2) is 11.5 Å². The van der Waals surface area contributed by atoms with Crippen LogP contribution in [0.5, 0.6) is 17.2 Å². The van der Waals surface area contributed by atoms with Crippen molar-refractivity contribution in [3.05, 3.63) is 47.8 Å². The number of halogens is 1. The molecule has 1 unspecified atom stereocenters. The molecule has 2 aromatic rings. The Morgan fingerprint density at radius 2 is 1.52 bits per heavy atom. The Morgan fingerprint density at radius 1 is 0.920 bits per heavy atom. The Labute approximate surface area is 146 Å². The molecule has 0 saturated heterocycles. The van der Waals surface area contributed by atoms with Crippen LogP contribution in [0.25, 0.3) is 0 Å². The topological polar surface area (TPSA) is 73.9 Å². The molecule has 0 spiro atoms. The Balaban J connectivity index is 2.33. The zero-order valence-electron chi connectivity index (χ0n) is 14.4. The maximum Gasteiger partial charge on any atom is 0.244 e. The molecule has 0 bridgehead atoms. The monoisotopic (exact) mass is 369 g/mol. The molecule has 0 saturated carbocycles. The number of benzene rings is 2. The molecule has 0 heterocycles. The zero-order chi connectivity index (χ0) is 18.6. The molecule has 25 heavy (non-hydrogen) atoms. The van der Waals surface area contributed by atoms with Crippen molar-refractivity contribution in [2.75, 3.05) is 21.3 Å². The van der Waals surface area contributed by atoms with Crippen LogP contribution < -0.4 is 18.9 Å². The molecule has 0 amide bonds. The standard InChI is InChI=1S/C17H20FNO5S/c1-11(12-5-7-14(22-2)16(9-12)24-4)19-25(20,21)17-10-13(18)6-8-15(17)23-3/h5-11,19H,1-4H3. The average molecular weight is 369 g/mol. The predicted molar refractivity (Wildman–Crippen MR) is 91.2 cm³/mol. The Hall–Kier alpha value is -2.32. The van der Waals surface area contributed by atoms with E-state index in [1.54, 1.807) is 25.1 Å². The number of rotatable bonds is 7. The number of ether oxygens (including phenoxy) is 3. The van der Waals surface area contributed by atoms with Gasteiger partial charge in [0, 0.05) is 6.04 Å². The van der Waals surface area contributed by atoms with Gasteiger partial charge in [-0.2, -0.15) is 0 Å². The minimum absolute atomic E-state index is 0.0633. The van der Waals surface area contributed by atoms with Crippen LogP contribution in [0.2, 0.25) is 0 Å². The normalized spacial score (nSPS) is 12.5. The molecule has 0 aliphatic rings. The third-order valence-electron chi connectivity index (χ3n) is 3.65. The van der Waals surface area contributed by atoms with Gasteiger partial charge < -0.3 is 14.2 Å². The van der Waals surface area contributed by atoms with Crippen molar-refractivity contribution in [3.63, 3.8) is 0 Å². The van der Waals surface area contributed by atoms with Gasteiger partial charge in [-0.3, -0.25) is 0 Å². The Morgan fingerprint density at radius 3 is 2.12 bits per heavy atom. The van der Waals surface area contributed by atoms with E-state index in [0.717, 1.165) is 12.1 Å². The summed E-state index contributed by atoms with van der Waals surface area (Å²) in [5.41, 5.74) is 0.664. The fourth-order valence-corrected chi connectivity index (χ4v) is 3.76. The molecule has 0 aromatic heterocycles. The van der Waals surface area contributed by atoms with Crippen molar-refractivity contribution in [3.8, 4) is 17.2 Å². The lowest BCUT2D eigenvalue weighted by Gasteiger charge is -2.17. The molecule has 6 nitrogen and oxygen atoms in total. The van der Waals surface area contributed by atoms with E-state index in [2.05, 4.69) is 4.72 Å². The molecule has 1 atom stereocenters. The van der Waals surface area contributed by atoms with Crippen molar-refractivity contribution < 1.29 is 27.0 Å². The predicted octanol–water partition coefficient (Wildman–Crippen LogP) is 2.89. The molecule has 2 rings (SSSR count). The molecular formula is C17H20FNO5S. The van der Waals surface area contributed by atoms with Crippen LogP contribution in [-0.4, -0.2) is 29.7 Å². The van der Waals surface area contributed by atoms with Gasteiger partial charge in [-0.15, -0.1) is 0 Å². The molecule has 0 fully saturated rings. The molecular weight excluding hydrogens is 349 g/mol. The van der Waals surface area contributed by atoms with E-state index in [1.807, 2.05) is 0 Å². The second kappa shape index (κ2) is 7.71. The first-order valence-electron chi connectivity index (χ1n) is 7.40. The van der Waals surface area contributed by atoms with Crippen LogP contribution in [0.1, 0.15) is 18.5 Å². The lowest BCUT2D eigenvalue weighted by atomic mass is 10.1. The summed E-state index contributed by atoms with van der Waals surface area (Å²) in [6, 6.07) is 7.81. The SMILES string of the molecule is COc1ccc(C(C)NS(=O)(=O)c2cc(F)ccc2OC)cc1OC. The molecule has 0 aliphatic carbocycles. The number of hydrogen-bond acceptors (Lipinski definition) is 5. The Kier molecular flexibility index (Phi) is 5.86. The highest BCUT2D eigenvalue weighted by atomic mass is 32.2. The molecule has 0 aliphatic heterocycles. The third-order valence-corrected chi connectivity index (χ3v) is 5.22. The lowest BCUT2D eigenvalue weighted by molar-refractivity contribution is 0.354. The van der Waals surface area contributed by atoms with E-state index in [1.165, 1.54) is 27.4 Å². The largest absolute Gasteiger partial charge is 0.495 e. The summed E-state index contributed by atoms with van der Waals surface area (Å²) in [5.74, 6) is 0.413. The van der Waals surface area contributed by atoms with Crippen LogP contribution in [0.4, 0.5) is 4.39 Å². The first-order chi connectivity index (χ1) is 11.8. The van der Waals surface area contributed by atoms with Crippen molar-refractivity contribution in [2.45, 2.75) is 17.9 Å². The van der Waals surface area contributed by atoms with E-state index in [0.29, 0.717) is 17.1 Å². The van der Waals surface area contributed by atoms with E-state index >= 15 is 0 Å². The van der Waals surface area contributed by atoms with Crippen LogP contribution in [0.3, 0.4) is 0 Å². The molecule has 1 N–H and O–H groups in total. The maximum atomic E-state index is 13.5. The van der Waals surface area contributed by atoms with E-state index in [4.69, 9.17) is 14.2 Å². The Bertz CT molecular complexity index is 854. The van der Waals surface area contributed by atoms with E-state index < -0.39 is 21.9 Å². The van der Waals surface area contributed by atoms with Crippen LogP contribution in [-0.2, 0) is 10.0 Å². The third kappa shape index (κ3) is 4.21. The molecule has 136 valence electrons. The van der Waals surface area contributed by atoms with Crippen LogP contribution in [0, 0.1) is 5.82 Å². The minimum Gasteiger partial charge on any atom is -0.495 e. The van der Waals surface area contributed by atoms with E-state index in [9.17, 15) is 12.8 Å². The van der Waals surface area contributed by atoms with Gasteiger partial charge in [-0.05, 0) is 42.8 Å². The molecule has 8 heteroatoms. The van der Waals surface area contributed by atoms with Crippen LogP contribution >= 0.6 is 0 Å². The van der Waals surface area contributed by atoms with E-state index in [-0.39, 0.29) is 10.6 Å². The summed E-state index contributed by atoms with van der Waals surface area (Å²) >= 11 is 0. The van der Waals surface area contributed by atoms with Gasteiger partial charge in [0.1, 0.15) is 16.5 Å². The van der Waals surface area contributed by atoms with Gasteiger partial charge in [-0.1, -0.05) is 6.07 Å². The van der Waals surface area contributed by atoms with Gasteiger partial charge in [0.05, 0.1) is 21.3 Å². The highest BCUT2D eigenvalue weighted by Crippen LogP contribution is 2.31. The lowest BCUT2D eigenvalue weighted by Crippen LogP contribution is -2.27. The summed E-state index contributed by atoms with van der Waals surface area (Å²) in [7, 11) is 0.336. The van der Waals surface area contributed by atoms with Crippen molar-refractivity contribution in [1.82, 2.24) is 4.72 Å².